The van der Waals surface area contributed by atoms with Crippen LogP contribution < -0.4 is 10.1 Å². The molecule has 1 aromatic carbocycles. The van der Waals surface area contributed by atoms with Crippen molar-refractivity contribution in [3.63, 3.8) is 0 Å². The zero-order valence-electron chi connectivity index (χ0n) is 10.9. The molecule has 1 aliphatic carbocycles. The van der Waals surface area contributed by atoms with Crippen LogP contribution >= 0.6 is 0 Å². The highest BCUT2D eigenvalue weighted by molar-refractivity contribution is 5.91. The zero-order valence-corrected chi connectivity index (χ0v) is 10.9. The number of rotatable bonds is 4. The van der Waals surface area contributed by atoms with Crippen molar-refractivity contribution in [1.82, 2.24) is 0 Å². The fraction of sp³-hybridized carbons (Fsp3) is 0.533. The minimum absolute atomic E-state index is 0.121. The first-order chi connectivity index (χ1) is 8.78. The third-order valence-electron chi connectivity index (χ3n) is 3.55. The Hall–Kier alpha value is -1.51. The van der Waals surface area contributed by atoms with Crippen LogP contribution in [0, 0.1) is 5.92 Å². The van der Waals surface area contributed by atoms with Gasteiger partial charge in [0.2, 0.25) is 5.91 Å². The SMILES string of the molecule is COc1cccc(NC(=O)CC2CCCCC2)c1. The van der Waals surface area contributed by atoms with Crippen LogP contribution in [0.3, 0.4) is 0 Å². The molecule has 1 saturated carbocycles. The molecule has 0 saturated heterocycles. The third kappa shape index (κ3) is 3.76. The number of hydrogen-bond donors (Lipinski definition) is 1. The van der Waals surface area contributed by atoms with Gasteiger partial charge in [-0.25, -0.2) is 0 Å². The van der Waals surface area contributed by atoms with E-state index >= 15 is 0 Å². The predicted octanol–water partition coefficient (Wildman–Crippen LogP) is 3.60. The highest BCUT2D eigenvalue weighted by Crippen LogP contribution is 2.26. The van der Waals surface area contributed by atoms with E-state index in [2.05, 4.69) is 5.32 Å². The van der Waals surface area contributed by atoms with Crippen LogP contribution in [-0.4, -0.2) is 13.0 Å². The molecule has 1 fully saturated rings. The van der Waals surface area contributed by atoms with Gasteiger partial charge in [-0.2, -0.15) is 0 Å². The van der Waals surface area contributed by atoms with Crippen LogP contribution in [0.2, 0.25) is 0 Å². The second-order valence-corrected chi connectivity index (χ2v) is 4.99. The van der Waals surface area contributed by atoms with Crippen molar-refractivity contribution in [1.29, 1.82) is 0 Å². The smallest absolute Gasteiger partial charge is 0.224 e. The number of benzene rings is 1. The van der Waals surface area contributed by atoms with E-state index in [9.17, 15) is 4.79 Å². The summed E-state index contributed by atoms with van der Waals surface area (Å²) >= 11 is 0. The molecule has 0 heterocycles. The van der Waals surface area contributed by atoms with E-state index < -0.39 is 0 Å². The highest BCUT2D eigenvalue weighted by atomic mass is 16.5. The first-order valence-corrected chi connectivity index (χ1v) is 6.72. The maximum Gasteiger partial charge on any atom is 0.224 e. The summed E-state index contributed by atoms with van der Waals surface area (Å²) in [5.74, 6) is 1.46. The highest BCUT2D eigenvalue weighted by Gasteiger charge is 2.17. The molecule has 3 heteroatoms. The molecule has 0 atom stereocenters. The van der Waals surface area contributed by atoms with Gasteiger partial charge in [0.1, 0.15) is 5.75 Å². The van der Waals surface area contributed by atoms with Gasteiger partial charge in [-0.1, -0.05) is 25.3 Å². The van der Waals surface area contributed by atoms with Gasteiger partial charge in [0.05, 0.1) is 7.11 Å². The van der Waals surface area contributed by atoms with E-state index in [1.54, 1.807) is 7.11 Å². The largest absolute Gasteiger partial charge is 0.497 e. The van der Waals surface area contributed by atoms with Gasteiger partial charge in [-0.15, -0.1) is 0 Å². The number of hydrogen-bond acceptors (Lipinski definition) is 2. The molecule has 18 heavy (non-hydrogen) atoms. The van der Waals surface area contributed by atoms with Gasteiger partial charge in [-0.05, 0) is 30.9 Å². The van der Waals surface area contributed by atoms with Crippen LogP contribution in [0.4, 0.5) is 5.69 Å². The Morgan fingerprint density at radius 1 is 1.33 bits per heavy atom. The minimum Gasteiger partial charge on any atom is -0.497 e. The van der Waals surface area contributed by atoms with E-state index in [1.165, 1.54) is 32.1 Å². The molecule has 0 aliphatic heterocycles. The molecule has 1 N–H and O–H groups in total. The molecule has 2 rings (SSSR count). The van der Waals surface area contributed by atoms with Crippen molar-refractivity contribution < 1.29 is 9.53 Å². The topological polar surface area (TPSA) is 38.3 Å². The molecular weight excluding hydrogens is 226 g/mol. The quantitative estimate of drug-likeness (QED) is 0.882. The summed E-state index contributed by atoms with van der Waals surface area (Å²) in [5.41, 5.74) is 0.815. The standard InChI is InChI=1S/C15H21NO2/c1-18-14-9-5-8-13(11-14)16-15(17)10-12-6-3-2-4-7-12/h5,8-9,11-12H,2-4,6-7,10H2,1H3,(H,16,17). The van der Waals surface area contributed by atoms with Crippen molar-refractivity contribution in [2.24, 2.45) is 5.92 Å². The normalized spacial score (nSPS) is 16.3. The lowest BCUT2D eigenvalue weighted by atomic mass is 9.87. The molecule has 1 aromatic rings. The number of methoxy groups -OCH3 is 1. The summed E-state index contributed by atoms with van der Waals surface area (Å²) < 4.78 is 5.14. The molecule has 0 bridgehead atoms. The van der Waals surface area contributed by atoms with Crippen molar-refractivity contribution in [3.8, 4) is 5.75 Å². The molecular formula is C15H21NO2. The Balaban J connectivity index is 1.85. The third-order valence-corrected chi connectivity index (χ3v) is 3.55. The predicted molar refractivity (Wildman–Crippen MR) is 72.8 cm³/mol. The van der Waals surface area contributed by atoms with E-state index in [-0.39, 0.29) is 5.91 Å². The van der Waals surface area contributed by atoms with Gasteiger partial charge in [0.15, 0.2) is 0 Å². The fourth-order valence-electron chi connectivity index (χ4n) is 2.57. The van der Waals surface area contributed by atoms with Crippen molar-refractivity contribution >= 4 is 11.6 Å². The first kappa shape index (κ1) is 12.9. The number of amides is 1. The average Bonchev–Trinajstić information content (AvgIpc) is 2.40. The molecule has 1 aliphatic rings. The summed E-state index contributed by atoms with van der Waals surface area (Å²) in [6, 6.07) is 7.49. The fourth-order valence-corrected chi connectivity index (χ4v) is 2.57. The zero-order chi connectivity index (χ0) is 12.8. The Kier molecular flexibility index (Phi) is 4.62. The molecule has 3 nitrogen and oxygen atoms in total. The number of nitrogens with one attached hydrogen (secondary N) is 1. The van der Waals surface area contributed by atoms with E-state index in [0.717, 1.165) is 11.4 Å². The molecule has 1 amide bonds. The maximum atomic E-state index is 11.9. The first-order valence-electron chi connectivity index (χ1n) is 6.72. The van der Waals surface area contributed by atoms with Crippen LogP contribution in [0.15, 0.2) is 24.3 Å². The van der Waals surface area contributed by atoms with E-state index in [1.807, 2.05) is 24.3 Å². The number of carbonyl (C=O) groups is 1. The second-order valence-electron chi connectivity index (χ2n) is 4.99. The van der Waals surface area contributed by atoms with Crippen LogP contribution in [-0.2, 0) is 4.79 Å². The number of anilines is 1. The summed E-state index contributed by atoms with van der Waals surface area (Å²) in [6.07, 6.45) is 6.93. The lowest BCUT2D eigenvalue weighted by Crippen LogP contribution is -2.18. The number of ether oxygens (including phenoxy) is 1. The Morgan fingerprint density at radius 3 is 2.83 bits per heavy atom. The molecule has 0 aromatic heterocycles. The Bertz CT molecular complexity index is 397. The average molecular weight is 247 g/mol. The molecule has 98 valence electrons. The maximum absolute atomic E-state index is 11.9. The van der Waals surface area contributed by atoms with Crippen LogP contribution in [0.5, 0.6) is 5.75 Å². The summed E-state index contributed by atoms with van der Waals surface area (Å²) in [7, 11) is 1.63. The monoisotopic (exact) mass is 247 g/mol. The van der Waals surface area contributed by atoms with Crippen molar-refractivity contribution in [2.45, 2.75) is 38.5 Å². The van der Waals surface area contributed by atoms with Crippen LogP contribution in [0.25, 0.3) is 0 Å². The summed E-state index contributed by atoms with van der Waals surface area (Å²) in [6.45, 7) is 0. The Morgan fingerprint density at radius 2 is 2.11 bits per heavy atom. The summed E-state index contributed by atoms with van der Waals surface area (Å²) in [5, 5.41) is 2.94. The number of carbonyl (C=O) groups excluding carboxylic acids is 1. The van der Waals surface area contributed by atoms with Gasteiger partial charge >= 0.3 is 0 Å². The van der Waals surface area contributed by atoms with Gasteiger partial charge < -0.3 is 10.1 Å². The lowest BCUT2D eigenvalue weighted by Gasteiger charge is -2.20. The second kappa shape index (κ2) is 6.43. The molecule has 0 spiro atoms. The van der Waals surface area contributed by atoms with Crippen molar-refractivity contribution in [3.05, 3.63) is 24.3 Å². The van der Waals surface area contributed by atoms with Gasteiger partial charge in [0, 0.05) is 18.2 Å². The minimum atomic E-state index is 0.121. The van der Waals surface area contributed by atoms with Gasteiger partial charge in [0.25, 0.3) is 0 Å². The lowest BCUT2D eigenvalue weighted by molar-refractivity contribution is -0.117. The summed E-state index contributed by atoms with van der Waals surface area (Å²) in [4.78, 5) is 11.9. The van der Waals surface area contributed by atoms with E-state index in [0.29, 0.717) is 12.3 Å². The van der Waals surface area contributed by atoms with Crippen molar-refractivity contribution in [2.75, 3.05) is 12.4 Å². The van der Waals surface area contributed by atoms with E-state index in [4.69, 9.17) is 4.74 Å². The van der Waals surface area contributed by atoms with Gasteiger partial charge in [-0.3, -0.25) is 4.79 Å². The molecule has 0 radical (unpaired) electrons. The Labute approximate surface area is 109 Å². The van der Waals surface area contributed by atoms with Crippen LogP contribution in [0.1, 0.15) is 38.5 Å². The molecule has 0 unspecified atom stereocenters.